The summed E-state index contributed by atoms with van der Waals surface area (Å²) in [5.74, 6) is 1.66. The minimum Gasteiger partial charge on any atom is -0.342 e. The molecule has 3 nitrogen and oxygen atoms in total. The highest BCUT2D eigenvalue weighted by Gasteiger charge is 2.25. The van der Waals surface area contributed by atoms with Gasteiger partial charge in [0.15, 0.2) is 0 Å². The van der Waals surface area contributed by atoms with Crippen molar-refractivity contribution >= 4 is 0 Å². The third-order valence-corrected chi connectivity index (χ3v) is 2.55. The number of hydrogen-bond donors (Lipinski definition) is 1. The molecule has 0 unspecified atom stereocenters. The minimum atomic E-state index is 0.730. The van der Waals surface area contributed by atoms with Crippen LogP contribution < -0.4 is 0 Å². The van der Waals surface area contributed by atoms with E-state index in [1.54, 1.807) is 6.20 Å². The van der Waals surface area contributed by atoms with E-state index in [1.807, 2.05) is 24.5 Å². The molecular formula is C11H11N3. The molecule has 0 radical (unpaired) electrons. The summed E-state index contributed by atoms with van der Waals surface area (Å²) in [5.41, 5.74) is 2.32. The first-order valence-electron chi connectivity index (χ1n) is 4.89. The second-order valence-electron chi connectivity index (χ2n) is 3.70. The molecule has 3 heteroatoms. The fourth-order valence-corrected chi connectivity index (χ4v) is 1.59. The molecule has 2 aromatic heterocycles. The number of H-pyrrole nitrogens is 1. The van der Waals surface area contributed by atoms with Gasteiger partial charge < -0.3 is 4.98 Å². The molecule has 1 aliphatic carbocycles. The Morgan fingerprint density at radius 1 is 1.29 bits per heavy atom. The summed E-state index contributed by atoms with van der Waals surface area (Å²) >= 11 is 0. The van der Waals surface area contributed by atoms with Crippen LogP contribution in [0.4, 0.5) is 0 Å². The smallest absolute Gasteiger partial charge is 0.139 e. The molecule has 70 valence electrons. The number of imidazole rings is 1. The SMILES string of the molecule is c1cncc(-c2ncc(C3CC3)[nH]2)c1. The number of aromatic amines is 1. The van der Waals surface area contributed by atoms with Crippen LogP contribution >= 0.6 is 0 Å². The van der Waals surface area contributed by atoms with Crippen molar-refractivity contribution in [1.82, 2.24) is 15.0 Å². The summed E-state index contributed by atoms with van der Waals surface area (Å²) in [7, 11) is 0. The lowest BCUT2D eigenvalue weighted by Gasteiger charge is -1.94. The summed E-state index contributed by atoms with van der Waals surface area (Å²) in [4.78, 5) is 11.8. The lowest BCUT2D eigenvalue weighted by molar-refractivity contribution is 1.05. The molecule has 0 atom stereocenters. The van der Waals surface area contributed by atoms with Crippen LogP contribution in [0.2, 0.25) is 0 Å². The zero-order valence-electron chi connectivity index (χ0n) is 7.77. The number of nitrogens with one attached hydrogen (secondary N) is 1. The third-order valence-electron chi connectivity index (χ3n) is 2.55. The quantitative estimate of drug-likeness (QED) is 0.780. The van der Waals surface area contributed by atoms with Crippen molar-refractivity contribution in [2.75, 3.05) is 0 Å². The molecule has 0 aliphatic heterocycles. The first kappa shape index (κ1) is 7.74. The summed E-state index contributed by atoms with van der Waals surface area (Å²) in [6.07, 6.45) is 8.15. The molecule has 0 aromatic carbocycles. The Hall–Kier alpha value is -1.64. The van der Waals surface area contributed by atoms with Crippen molar-refractivity contribution in [1.29, 1.82) is 0 Å². The monoisotopic (exact) mass is 185 g/mol. The van der Waals surface area contributed by atoms with Crippen molar-refractivity contribution in [2.45, 2.75) is 18.8 Å². The predicted molar refractivity (Wildman–Crippen MR) is 53.8 cm³/mol. The average molecular weight is 185 g/mol. The number of rotatable bonds is 2. The highest BCUT2D eigenvalue weighted by Crippen LogP contribution is 2.39. The standard InChI is InChI=1S/C11H11N3/c1-2-9(6-12-5-1)11-13-7-10(14-11)8-3-4-8/h1-2,5-8H,3-4H2,(H,13,14). The zero-order valence-corrected chi connectivity index (χ0v) is 7.77. The molecule has 0 bridgehead atoms. The number of pyridine rings is 1. The first-order valence-corrected chi connectivity index (χ1v) is 4.89. The molecule has 0 saturated heterocycles. The van der Waals surface area contributed by atoms with Crippen molar-refractivity contribution in [3.8, 4) is 11.4 Å². The Bertz CT molecular complexity index is 429. The van der Waals surface area contributed by atoms with E-state index in [0.29, 0.717) is 0 Å². The molecule has 1 saturated carbocycles. The summed E-state index contributed by atoms with van der Waals surface area (Å²) < 4.78 is 0. The van der Waals surface area contributed by atoms with Gasteiger partial charge in [0.1, 0.15) is 5.82 Å². The van der Waals surface area contributed by atoms with Gasteiger partial charge in [-0.05, 0) is 25.0 Å². The van der Waals surface area contributed by atoms with E-state index < -0.39 is 0 Å². The van der Waals surface area contributed by atoms with Gasteiger partial charge in [-0.1, -0.05) is 0 Å². The minimum absolute atomic E-state index is 0.730. The Morgan fingerprint density at radius 2 is 2.21 bits per heavy atom. The van der Waals surface area contributed by atoms with E-state index in [2.05, 4.69) is 15.0 Å². The van der Waals surface area contributed by atoms with Crippen molar-refractivity contribution < 1.29 is 0 Å². The van der Waals surface area contributed by atoms with Gasteiger partial charge in [0.2, 0.25) is 0 Å². The second-order valence-corrected chi connectivity index (χ2v) is 3.70. The van der Waals surface area contributed by atoms with Crippen LogP contribution in [0.3, 0.4) is 0 Å². The van der Waals surface area contributed by atoms with E-state index in [0.717, 1.165) is 17.3 Å². The highest BCUT2D eigenvalue weighted by atomic mass is 14.9. The molecule has 14 heavy (non-hydrogen) atoms. The van der Waals surface area contributed by atoms with E-state index in [-0.39, 0.29) is 0 Å². The van der Waals surface area contributed by atoms with Gasteiger partial charge in [-0.3, -0.25) is 4.98 Å². The van der Waals surface area contributed by atoms with Gasteiger partial charge in [-0.25, -0.2) is 4.98 Å². The van der Waals surface area contributed by atoms with Crippen LogP contribution in [0.25, 0.3) is 11.4 Å². The first-order chi connectivity index (χ1) is 6.93. The lowest BCUT2D eigenvalue weighted by Crippen LogP contribution is -1.82. The summed E-state index contributed by atoms with van der Waals surface area (Å²) in [6, 6.07) is 3.94. The summed E-state index contributed by atoms with van der Waals surface area (Å²) in [5, 5.41) is 0. The molecule has 3 rings (SSSR count). The van der Waals surface area contributed by atoms with Gasteiger partial charge in [0.05, 0.1) is 0 Å². The van der Waals surface area contributed by atoms with Crippen LogP contribution in [0.5, 0.6) is 0 Å². The fraction of sp³-hybridized carbons (Fsp3) is 0.273. The third kappa shape index (κ3) is 1.31. The van der Waals surface area contributed by atoms with E-state index in [4.69, 9.17) is 0 Å². The molecule has 1 aliphatic rings. The molecule has 2 heterocycles. The number of hydrogen-bond acceptors (Lipinski definition) is 2. The second kappa shape index (κ2) is 2.94. The maximum Gasteiger partial charge on any atom is 0.139 e. The van der Waals surface area contributed by atoms with Crippen LogP contribution in [-0.2, 0) is 0 Å². The molecule has 1 fully saturated rings. The average Bonchev–Trinajstić information content (AvgIpc) is 2.98. The van der Waals surface area contributed by atoms with Crippen LogP contribution in [-0.4, -0.2) is 15.0 Å². The Balaban J connectivity index is 1.96. The lowest BCUT2D eigenvalue weighted by atomic mass is 10.3. The predicted octanol–water partition coefficient (Wildman–Crippen LogP) is 2.35. The Morgan fingerprint density at radius 3 is 2.93 bits per heavy atom. The molecule has 0 amide bonds. The fourth-order valence-electron chi connectivity index (χ4n) is 1.59. The molecule has 2 aromatic rings. The zero-order chi connectivity index (χ0) is 9.38. The van der Waals surface area contributed by atoms with Crippen LogP contribution in [0.1, 0.15) is 24.5 Å². The Labute approximate surface area is 82.2 Å². The number of aromatic nitrogens is 3. The van der Waals surface area contributed by atoms with E-state index >= 15 is 0 Å². The normalized spacial score (nSPS) is 15.7. The number of nitrogens with zero attached hydrogens (tertiary/aromatic N) is 2. The van der Waals surface area contributed by atoms with Gasteiger partial charge in [-0.15, -0.1) is 0 Å². The van der Waals surface area contributed by atoms with Gasteiger partial charge in [0.25, 0.3) is 0 Å². The Kier molecular flexibility index (Phi) is 1.63. The highest BCUT2D eigenvalue weighted by molar-refractivity contribution is 5.53. The van der Waals surface area contributed by atoms with Gasteiger partial charge >= 0.3 is 0 Å². The van der Waals surface area contributed by atoms with Crippen molar-refractivity contribution in [3.05, 3.63) is 36.4 Å². The van der Waals surface area contributed by atoms with Gasteiger partial charge in [0, 0.05) is 35.8 Å². The van der Waals surface area contributed by atoms with E-state index in [9.17, 15) is 0 Å². The van der Waals surface area contributed by atoms with E-state index in [1.165, 1.54) is 18.5 Å². The maximum atomic E-state index is 4.35. The van der Waals surface area contributed by atoms with Crippen LogP contribution in [0.15, 0.2) is 30.7 Å². The van der Waals surface area contributed by atoms with Crippen molar-refractivity contribution in [3.63, 3.8) is 0 Å². The summed E-state index contributed by atoms with van der Waals surface area (Å²) in [6.45, 7) is 0. The maximum absolute atomic E-state index is 4.35. The molecule has 0 spiro atoms. The van der Waals surface area contributed by atoms with Crippen LogP contribution in [0, 0.1) is 0 Å². The largest absolute Gasteiger partial charge is 0.342 e. The van der Waals surface area contributed by atoms with Gasteiger partial charge in [-0.2, -0.15) is 0 Å². The molecule has 1 N–H and O–H groups in total. The topological polar surface area (TPSA) is 41.6 Å². The molecular weight excluding hydrogens is 174 g/mol. The van der Waals surface area contributed by atoms with Crippen molar-refractivity contribution in [2.24, 2.45) is 0 Å².